The Bertz CT molecular complexity index is 729. The Hall–Kier alpha value is -1.89. The first kappa shape index (κ1) is 19.9. The van der Waals surface area contributed by atoms with Crippen molar-refractivity contribution < 1.29 is 13.9 Å². The molecule has 1 unspecified atom stereocenters. The van der Waals surface area contributed by atoms with Gasteiger partial charge in [0.25, 0.3) is 0 Å². The number of carbonyl (C=O) groups is 1. The third-order valence-electron chi connectivity index (χ3n) is 4.42. The van der Waals surface area contributed by atoms with E-state index < -0.39 is 0 Å². The van der Waals surface area contributed by atoms with Crippen LogP contribution in [0.2, 0.25) is 0 Å². The predicted octanol–water partition coefficient (Wildman–Crippen LogP) is 3.33. The molecule has 0 saturated carbocycles. The van der Waals surface area contributed by atoms with Crippen LogP contribution in [0.5, 0.6) is 0 Å². The number of nitrogens with zero attached hydrogens (tertiary/aromatic N) is 1. The molecular formula is C21H25FN2O2S. The highest BCUT2D eigenvalue weighted by Crippen LogP contribution is 2.21. The van der Waals surface area contributed by atoms with Gasteiger partial charge in [-0.05, 0) is 17.7 Å². The van der Waals surface area contributed by atoms with Crippen molar-refractivity contribution >= 4 is 17.7 Å². The average molecular weight is 389 g/mol. The molecule has 2 aromatic rings. The second-order valence-electron chi connectivity index (χ2n) is 6.55. The topological polar surface area (TPSA) is 41.6 Å². The zero-order valence-electron chi connectivity index (χ0n) is 15.3. The Morgan fingerprint density at radius 3 is 2.78 bits per heavy atom. The van der Waals surface area contributed by atoms with Crippen molar-refractivity contribution in [3.63, 3.8) is 0 Å². The quantitative estimate of drug-likeness (QED) is 0.705. The van der Waals surface area contributed by atoms with E-state index in [2.05, 4.69) is 22.3 Å². The molecule has 6 heteroatoms. The number of rotatable bonds is 8. The molecule has 0 spiro atoms. The first-order valence-electron chi connectivity index (χ1n) is 9.22. The molecule has 2 aromatic carbocycles. The van der Waals surface area contributed by atoms with Crippen LogP contribution in [-0.4, -0.2) is 48.9 Å². The summed E-state index contributed by atoms with van der Waals surface area (Å²) >= 11 is 1.36. The summed E-state index contributed by atoms with van der Waals surface area (Å²) in [6.45, 7) is 3.79. The van der Waals surface area contributed by atoms with Gasteiger partial charge in [0.2, 0.25) is 5.91 Å². The smallest absolute Gasteiger partial charge is 0.220 e. The fraction of sp³-hybridized carbons (Fsp3) is 0.381. The van der Waals surface area contributed by atoms with Crippen molar-refractivity contribution in [3.05, 3.63) is 66.0 Å². The summed E-state index contributed by atoms with van der Waals surface area (Å²) in [5.41, 5.74) is 1.28. The van der Waals surface area contributed by atoms with Gasteiger partial charge >= 0.3 is 0 Å². The summed E-state index contributed by atoms with van der Waals surface area (Å²) < 4.78 is 19.3. The molecule has 3 rings (SSSR count). The molecule has 0 aromatic heterocycles. The first-order chi connectivity index (χ1) is 13.2. The van der Waals surface area contributed by atoms with Gasteiger partial charge in [-0.15, -0.1) is 11.8 Å². The molecule has 4 nitrogen and oxygen atoms in total. The van der Waals surface area contributed by atoms with E-state index in [9.17, 15) is 9.18 Å². The fourth-order valence-electron chi connectivity index (χ4n) is 3.02. The minimum absolute atomic E-state index is 0.00522. The highest BCUT2D eigenvalue weighted by atomic mass is 32.2. The molecule has 0 aliphatic carbocycles. The van der Waals surface area contributed by atoms with Crippen molar-refractivity contribution in [3.8, 4) is 0 Å². The summed E-state index contributed by atoms with van der Waals surface area (Å²) in [7, 11) is 0. The van der Waals surface area contributed by atoms with Gasteiger partial charge in [0.1, 0.15) is 5.82 Å². The maximum atomic E-state index is 13.6. The molecule has 144 valence electrons. The normalized spacial score (nSPS) is 17.6. The maximum absolute atomic E-state index is 13.6. The lowest BCUT2D eigenvalue weighted by Crippen LogP contribution is -2.47. The van der Waals surface area contributed by atoms with Crippen LogP contribution in [-0.2, 0) is 16.1 Å². The van der Waals surface area contributed by atoms with Gasteiger partial charge in [-0.1, -0.05) is 42.5 Å². The third kappa shape index (κ3) is 6.65. The van der Waals surface area contributed by atoms with Gasteiger partial charge in [0.15, 0.2) is 0 Å². The van der Waals surface area contributed by atoms with E-state index in [1.807, 2.05) is 18.2 Å². The van der Waals surface area contributed by atoms with Crippen LogP contribution in [0.15, 0.2) is 59.5 Å². The number of ether oxygens (including phenoxy) is 1. The minimum atomic E-state index is -0.239. The monoisotopic (exact) mass is 388 g/mol. The highest BCUT2D eigenvalue weighted by Gasteiger charge is 2.21. The Morgan fingerprint density at radius 2 is 1.96 bits per heavy atom. The van der Waals surface area contributed by atoms with E-state index in [1.54, 1.807) is 18.2 Å². The largest absolute Gasteiger partial charge is 0.374 e. The van der Waals surface area contributed by atoms with Crippen LogP contribution in [0.25, 0.3) is 0 Å². The number of halogens is 1. The summed E-state index contributed by atoms with van der Waals surface area (Å²) in [6, 6.07) is 17.0. The number of benzene rings is 2. The molecule has 1 N–H and O–H groups in total. The van der Waals surface area contributed by atoms with Crippen molar-refractivity contribution in [1.29, 1.82) is 0 Å². The molecule has 1 saturated heterocycles. The van der Waals surface area contributed by atoms with Crippen LogP contribution in [0.1, 0.15) is 12.0 Å². The SMILES string of the molecule is O=C(CCSc1ccccc1F)NCC1CN(Cc2ccccc2)CCO1. The van der Waals surface area contributed by atoms with Crippen LogP contribution in [0.4, 0.5) is 4.39 Å². The van der Waals surface area contributed by atoms with Gasteiger partial charge in [0.05, 0.1) is 12.7 Å². The Balaban J connectivity index is 1.35. The zero-order valence-corrected chi connectivity index (χ0v) is 16.1. The van der Waals surface area contributed by atoms with Crippen LogP contribution >= 0.6 is 11.8 Å². The minimum Gasteiger partial charge on any atom is -0.374 e. The number of hydrogen-bond donors (Lipinski definition) is 1. The molecule has 1 aliphatic rings. The van der Waals surface area contributed by atoms with E-state index >= 15 is 0 Å². The standard InChI is InChI=1S/C21H25FN2O2S/c22-19-8-4-5-9-20(19)27-13-10-21(25)23-14-18-16-24(11-12-26-18)15-17-6-2-1-3-7-17/h1-9,18H,10-16H2,(H,23,25). The fourth-order valence-corrected chi connectivity index (χ4v) is 3.91. The number of amides is 1. The highest BCUT2D eigenvalue weighted by molar-refractivity contribution is 7.99. The molecule has 1 atom stereocenters. The summed E-state index contributed by atoms with van der Waals surface area (Å²) in [5, 5.41) is 2.94. The molecular weight excluding hydrogens is 363 g/mol. The van der Waals surface area contributed by atoms with Crippen molar-refractivity contribution in [2.45, 2.75) is 24.0 Å². The molecule has 1 fully saturated rings. The summed E-state index contributed by atoms with van der Waals surface area (Å²) in [6.07, 6.45) is 0.366. The van der Waals surface area contributed by atoms with Gasteiger partial charge in [-0.2, -0.15) is 0 Å². The second kappa shape index (κ2) is 10.4. The maximum Gasteiger partial charge on any atom is 0.220 e. The van der Waals surface area contributed by atoms with Gasteiger partial charge in [-0.3, -0.25) is 9.69 Å². The zero-order chi connectivity index (χ0) is 18.9. The molecule has 27 heavy (non-hydrogen) atoms. The Morgan fingerprint density at radius 1 is 1.19 bits per heavy atom. The number of thioether (sulfide) groups is 1. The average Bonchev–Trinajstić information content (AvgIpc) is 2.69. The van der Waals surface area contributed by atoms with Crippen LogP contribution in [0, 0.1) is 5.82 Å². The molecule has 1 aliphatic heterocycles. The van der Waals surface area contributed by atoms with Crippen molar-refractivity contribution in [2.24, 2.45) is 0 Å². The summed E-state index contributed by atoms with van der Waals surface area (Å²) in [5.74, 6) is 0.290. The first-order valence-corrected chi connectivity index (χ1v) is 10.2. The molecule has 1 amide bonds. The van der Waals surface area contributed by atoms with Crippen molar-refractivity contribution in [1.82, 2.24) is 10.2 Å². The van der Waals surface area contributed by atoms with E-state index in [-0.39, 0.29) is 17.8 Å². The van der Waals surface area contributed by atoms with Gasteiger partial charge < -0.3 is 10.1 Å². The molecule has 0 bridgehead atoms. The number of nitrogens with one attached hydrogen (secondary N) is 1. The molecule has 0 radical (unpaired) electrons. The second-order valence-corrected chi connectivity index (χ2v) is 7.68. The van der Waals surface area contributed by atoms with Crippen LogP contribution in [0.3, 0.4) is 0 Å². The van der Waals surface area contributed by atoms with Gasteiger partial charge in [-0.25, -0.2) is 4.39 Å². The summed E-state index contributed by atoms with van der Waals surface area (Å²) in [4.78, 5) is 15.0. The number of carbonyl (C=O) groups excluding carboxylic acids is 1. The third-order valence-corrected chi connectivity index (χ3v) is 5.47. The lowest BCUT2D eigenvalue weighted by Gasteiger charge is -2.33. The van der Waals surface area contributed by atoms with Crippen LogP contribution < -0.4 is 5.32 Å². The Kier molecular flexibility index (Phi) is 7.68. The number of hydrogen-bond acceptors (Lipinski definition) is 4. The predicted molar refractivity (Wildman–Crippen MR) is 106 cm³/mol. The number of morpholine rings is 1. The van der Waals surface area contributed by atoms with Gasteiger partial charge in [0, 0.05) is 43.2 Å². The van der Waals surface area contributed by atoms with E-state index in [1.165, 1.54) is 23.4 Å². The lowest BCUT2D eigenvalue weighted by atomic mass is 10.2. The van der Waals surface area contributed by atoms with E-state index in [0.29, 0.717) is 30.2 Å². The van der Waals surface area contributed by atoms with E-state index in [4.69, 9.17) is 4.74 Å². The molecule has 1 heterocycles. The van der Waals surface area contributed by atoms with Crippen molar-refractivity contribution in [2.75, 3.05) is 32.0 Å². The Labute approximate surface area is 164 Å². The van der Waals surface area contributed by atoms with E-state index in [0.717, 1.165) is 19.6 Å². The lowest BCUT2D eigenvalue weighted by molar-refractivity contribution is -0.121.